The van der Waals surface area contributed by atoms with Crippen molar-refractivity contribution in [3.05, 3.63) is 88.5 Å². The van der Waals surface area contributed by atoms with E-state index in [9.17, 15) is 9.59 Å². The number of hydrogen-bond acceptors (Lipinski definition) is 4. The molecule has 2 heterocycles. The van der Waals surface area contributed by atoms with Crippen molar-refractivity contribution in [1.29, 1.82) is 0 Å². The van der Waals surface area contributed by atoms with Crippen molar-refractivity contribution in [3.8, 4) is 0 Å². The fourth-order valence-electron chi connectivity index (χ4n) is 3.92. The van der Waals surface area contributed by atoms with Crippen molar-refractivity contribution in [3.63, 3.8) is 0 Å². The van der Waals surface area contributed by atoms with Crippen LogP contribution in [0.5, 0.6) is 0 Å². The topological polar surface area (TPSA) is 87.3 Å². The first-order chi connectivity index (χ1) is 15.1. The highest BCUT2D eigenvalue weighted by Gasteiger charge is 2.36. The van der Waals surface area contributed by atoms with Crippen LogP contribution in [0, 0.1) is 0 Å². The summed E-state index contributed by atoms with van der Waals surface area (Å²) in [5.74, 6) is -0.496. The molecule has 2 atom stereocenters. The van der Waals surface area contributed by atoms with Crippen LogP contribution in [0.3, 0.4) is 0 Å². The van der Waals surface area contributed by atoms with Gasteiger partial charge in [0.25, 0.3) is 0 Å². The van der Waals surface area contributed by atoms with Crippen LogP contribution in [0.4, 0.5) is 4.79 Å². The predicted molar refractivity (Wildman–Crippen MR) is 117 cm³/mol. The molecule has 3 aromatic rings. The van der Waals surface area contributed by atoms with E-state index in [0.717, 1.165) is 22.5 Å². The second-order valence-corrected chi connectivity index (χ2v) is 7.76. The highest BCUT2D eigenvalue weighted by atomic mass is 35.5. The number of carbonyl (C=O) groups excluding carboxylic acids is 2. The lowest BCUT2D eigenvalue weighted by Gasteiger charge is -2.36. The lowest BCUT2D eigenvalue weighted by molar-refractivity contribution is -0.142. The van der Waals surface area contributed by atoms with E-state index in [2.05, 4.69) is 15.3 Å². The number of ether oxygens (including phenoxy) is 1. The summed E-state index contributed by atoms with van der Waals surface area (Å²) in [5, 5.41) is 3.41. The average molecular weight is 439 g/mol. The first-order valence-electron chi connectivity index (χ1n) is 10.0. The normalized spacial score (nSPS) is 16.3. The Kier molecular flexibility index (Phi) is 6.23. The van der Waals surface area contributed by atoms with E-state index < -0.39 is 18.1 Å². The summed E-state index contributed by atoms with van der Waals surface area (Å²) in [6, 6.07) is 15.3. The molecule has 0 aliphatic carbocycles. The smallest absolute Gasteiger partial charge is 0.328 e. The second kappa shape index (κ2) is 9.22. The average Bonchev–Trinajstić information content (AvgIpc) is 3.27. The first-order valence-corrected chi connectivity index (χ1v) is 10.4. The molecule has 0 saturated heterocycles. The number of carbonyl (C=O) groups is 2. The van der Waals surface area contributed by atoms with Crippen molar-refractivity contribution < 1.29 is 14.3 Å². The number of H-pyrrole nitrogens is 1. The molecule has 2 N–H and O–H groups in total. The summed E-state index contributed by atoms with van der Waals surface area (Å²) in [7, 11) is 1.32. The number of esters is 1. The third kappa shape index (κ3) is 4.41. The first kappa shape index (κ1) is 20.9. The maximum atomic E-state index is 13.4. The molecule has 31 heavy (non-hydrogen) atoms. The zero-order valence-electron chi connectivity index (χ0n) is 17.0. The highest BCUT2D eigenvalue weighted by Crippen LogP contribution is 2.36. The molecule has 2 amide bonds. The summed E-state index contributed by atoms with van der Waals surface area (Å²) in [6.45, 7) is 0.455. The molecule has 0 saturated carbocycles. The van der Waals surface area contributed by atoms with Crippen molar-refractivity contribution in [2.24, 2.45) is 0 Å². The number of halogens is 1. The molecule has 0 bridgehead atoms. The van der Waals surface area contributed by atoms with Gasteiger partial charge in [-0.1, -0.05) is 60.1 Å². The largest absolute Gasteiger partial charge is 0.467 e. The quantitative estimate of drug-likeness (QED) is 0.597. The van der Waals surface area contributed by atoms with Gasteiger partial charge >= 0.3 is 12.0 Å². The van der Waals surface area contributed by atoms with Crippen LogP contribution in [0.25, 0.3) is 0 Å². The standard InChI is InChI=1S/C23H23ClN4O3/c1-31-22(29)19(13-15-7-3-2-4-8-15)27-23(30)28-12-11-18-20(26-14-25-18)21(28)16-9-5-6-10-17(16)24/h2-10,14,19,21H,11-13H2,1H3,(H,25,26)(H,27,30)/t19-,21+/m0/s1. The number of fused-ring (bicyclic) bond motifs is 1. The summed E-state index contributed by atoms with van der Waals surface area (Å²) in [5.41, 5.74) is 3.44. The molecule has 1 aliphatic rings. The predicted octanol–water partition coefficient (Wildman–Crippen LogP) is 3.50. The number of nitrogens with zero attached hydrogens (tertiary/aromatic N) is 2. The Bertz CT molecular complexity index is 1070. The van der Waals surface area contributed by atoms with Crippen LogP contribution in [-0.4, -0.2) is 46.6 Å². The van der Waals surface area contributed by atoms with Crippen LogP contribution in [-0.2, 0) is 22.4 Å². The minimum atomic E-state index is -0.813. The number of methoxy groups -OCH3 is 1. The van der Waals surface area contributed by atoms with Gasteiger partial charge in [0, 0.05) is 30.1 Å². The maximum Gasteiger partial charge on any atom is 0.328 e. The van der Waals surface area contributed by atoms with Crippen molar-refractivity contribution >= 4 is 23.6 Å². The summed E-state index contributed by atoms with van der Waals surface area (Å²) in [6.07, 6.45) is 2.59. The number of nitrogens with one attached hydrogen (secondary N) is 2. The summed E-state index contributed by atoms with van der Waals surface area (Å²) >= 11 is 6.48. The van der Waals surface area contributed by atoms with Gasteiger partial charge in [0.15, 0.2) is 0 Å². The highest BCUT2D eigenvalue weighted by molar-refractivity contribution is 6.31. The van der Waals surface area contributed by atoms with Gasteiger partial charge < -0.3 is 19.9 Å². The Morgan fingerprint density at radius 1 is 1.23 bits per heavy atom. The number of rotatable bonds is 5. The Labute approximate surface area is 185 Å². The number of aromatic nitrogens is 2. The van der Waals surface area contributed by atoms with Crippen LogP contribution >= 0.6 is 11.6 Å². The van der Waals surface area contributed by atoms with Crippen LogP contribution in [0.1, 0.15) is 28.6 Å². The Morgan fingerprint density at radius 2 is 1.97 bits per heavy atom. The molecular formula is C23H23ClN4O3. The molecule has 0 radical (unpaired) electrons. The molecule has 0 spiro atoms. The number of benzene rings is 2. The minimum absolute atomic E-state index is 0.331. The third-order valence-corrected chi connectivity index (χ3v) is 5.80. The number of imidazole rings is 1. The fraction of sp³-hybridized carbons (Fsp3) is 0.261. The third-order valence-electron chi connectivity index (χ3n) is 5.45. The Morgan fingerprint density at radius 3 is 2.71 bits per heavy atom. The molecule has 160 valence electrons. The van der Waals surface area contributed by atoms with Crippen molar-refractivity contribution in [2.45, 2.75) is 24.9 Å². The molecule has 0 fully saturated rings. The van der Waals surface area contributed by atoms with Gasteiger partial charge in [0.05, 0.1) is 19.1 Å². The van der Waals surface area contributed by atoms with Crippen molar-refractivity contribution in [2.75, 3.05) is 13.7 Å². The van der Waals surface area contributed by atoms with Crippen molar-refractivity contribution in [1.82, 2.24) is 20.2 Å². The van der Waals surface area contributed by atoms with E-state index in [1.807, 2.05) is 48.5 Å². The van der Waals surface area contributed by atoms with Gasteiger partial charge in [0.1, 0.15) is 12.1 Å². The molecule has 8 heteroatoms. The Balaban J connectivity index is 1.62. The van der Waals surface area contributed by atoms with E-state index in [1.54, 1.807) is 17.3 Å². The summed E-state index contributed by atoms with van der Waals surface area (Å²) in [4.78, 5) is 35.1. The number of aromatic amines is 1. The lowest BCUT2D eigenvalue weighted by atomic mass is 9.96. The van der Waals surface area contributed by atoms with Gasteiger partial charge in [-0.15, -0.1) is 0 Å². The van der Waals surface area contributed by atoms with Gasteiger partial charge in [-0.25, -0.2) is 14.6 Å². The molecule has 0 unspecified atom stereocenters. The van der Waals surface area contributed by atoms with E-state index in [1.165, 1.54) is 7.11 Å². The van der Waals surface area contributed by atoms with Gasteiger partial charge in [-0.05, 0) is 17.2 Å². The van der Waals surface area contributed by atoms with Gasteiger partial charge in [-0.3, -0.25) is 0 Å². The molecule has 2 aromatic carbocycles. The van der Waals surface area contributed by atoms with E-state index >= 15 is 0 Å². The maximum absolute atomic E-state index is 13.4. The van der Waals surface area contributed by atoms with Crippen LogP contribution < -0.4 is 5.32 Å². The van der Waals surface area contributed by atoms with Gasteiger partial charge in [0.2, 0.25) is 0 Å². The van der Waals surface area contributed by atoms with E-state index in [-0.39, 0.29) is 6.03 Å². The van der Waals surface area contributed by atoms with E-state index in [4.69, 9.17) is 16.3 Å². The zero-order chi connectivity index (χ0) is 21.8. The molecule has 1 aromatic heterocycles. The number of hydrogen-bond donors (Lipinski definition) is 2. The second-order valence-electron chi connectivity index (χ2n) is 7.35. The van der Waals surface area contributed by atoms with Gasteiger partial charge in [-0.2, -0.15) is 0 Å². The lowest BCUT2D eigenvalue weighted by Crippen LogP contribution is -2.52. The zero-order valence-corrected chi connectivity index (χ0v) is 17.8. The van der Waals surface area contributed by atoms with Crippen LogP contribution in [0.15, 0.2) is 60.9 Å². The molecule has 1 aliphatic heterocycles. The van der Waals surface area contributed by atoms with E-state index in [0.29, 0.717) is 24.4 Å². The molecule has 7 nitrogen and oxygen atoms in total. The molecular weight excluding hydrogens is 416 g/mol. The number of urea groups is 1. The summed E-state index contributed by atoms with van der Waals surface area (Å²) < 4.78 is 4.94. The molecule has 4 rings (SSSR count). The fourth-order valence-corrected chi connectivity index (χ4v) is 4.16. The number of amides is 2. The minimum Gasteiger partial charge on any atom is -0.467 e. The SMILES string of the molecule is COC(=O)[C@H](Cc1ccccc1)NC(=O)N1CCc2[nH]cnc2[C@H]1c1ccccc1Cl. The van der Waals surface area contributed by atoms with Crippen LogP contribution in [0.2, 0.25) is 5.02 Å². The monoisotopic (exact) mass is 438 g/mol. The Hall–Kier alpha value is -3.32.